The number of carboxylic acids is 1. The number of hydrogen-bond donors (Lipinski definition) is 1. The number of aromatic nitrogens is 1. The molecular weight excluding hydrogens is 282 g/mol. The minimum atomic E-state index is -1.15. The summed E-state index contributed by atoms with van der Waals surface area (Å²) in [6, 6.07) is 18.0. The highest BCUT2D eigenvalue weighted by Crippen LogP contribution is 2.20. The molecule has 3 rings (SSSR count). The van der Waals surface area contributed by atoms with E-state index in [-0.39, 0.29) is 18.4 Å². The van der Waals surface area contributed by atoms with Gasteiger partial charge in [0.25, 0.3) is 0 Å². The summed E-state index contributed by atoms with van der Waals surface area (Å²) >= 11 is 0. The van der Waals surface area contributed by atoms with E-state index in [1.54, 1.807) is 0 Å². The molecule has 5 nitrogen and oxygen atoms in total. The third-order valence-corrected chi connectivity index (χ3v) is 3.13. The zero-order valence-corrected chi connectivity index (χ0v) is 11.6. The predicted octanol–water partition coefficient (Wildman–Crippen LogP) is 3.62. The second-order valence-electron chi connectivity index (χ2n) is 4.66. The Balaban J connectivity index is 1.65. The molecule has 0 aliphatic carbocycles. The van der Waals surface area contributed by atoms with E-state index in [4.69, 9.17) is 14.3 Å². The molecule has 0 radical (unpaired) electrons. The lowest BCUT2D eigenvalue weighted by molar-refractivity contribution is 0.0690. The van der Waals surface area contributed by atoms with Gasteiger partial charge in [-0.3, -0.25) is 0 Å². The van der Waals surface area contributed by atoms with Gasteiger partial charge in [-0.15, -0.1) is 0 Å². The summed E-state index contributed by atoms with van der Waals surface area (Å²) < 4.78 is 10.3. The van der Waals surface area contributed by atoms with Gasteiger partial charge in [0.1, 0.15) is 12.9 Å². The van der Waals surface area contributed by atoms with E-state index >= 15 is 0 Å². The average Bonchev–Trinajstić information content (AvgIpc) is 3.04. The van der Waals surface area contributed by atoms with Gasteiger partial charge in [-0.2, -0.15) is 4.98 Å². The van der Waals surface area contributed by atoms with Gasteiger partial charge in [0.05, 0.1) is 0 Å². The molecule has 0 aliphatic rings. The summed E-state index contributed by atoms with van der Waals surface area (Å²) in [5.41, 5.74) is 3.03. The maximum absolute atomic E-state index is 10.7. The number of carbonyl (C=O) groups is 1. The van der Waals surface area contributed by atoms with Crippen LogP contribution in [0.1, 0.15) is 16.1 Å². The zero-order valence-electron chi connectivity index (χ0n) is 11.6. The molecule has 3 aromatic rings. The van der Waals surface area contributed by atoms with Crippen molar-refractivity contribution in [2.45, 2.75) is 6.61 Å². The molecule has 1 aromatic heterocycles. The number of carboxylic acid groups (broad SMARTS) is 1. The van der Waals surface area contributed by atoms with Gasteiger partial charge in [-0.1, -0.05) is 54.6 Å². The van der Waals surface area contributed by atoms with E-state index < -0.39 is 5.97 Å². The third kappa shape index (κ3) is 3.15. The number of ether oxygens (including phenoxy) is 1. The minimum absolute atomic E-state index is 0.0514. The number of aromatic carboxylic acids is 1. The van der Waals surface area contributed by atoms with Crippen LogP contribution in [0.5, 0.6) is 6.08 Å². The normalized spacial score (nSPS) is 10.4. The van der Waals surface area contributed by atoms with Crippen LogP contribution in [0.3, 0.4) is 0 Å². The quantitative estimate of drug-likeness (QED) is 0.778. The average molecular weight is 295 g/mol. The summed E-state index contributed by atoms with van der Waals surface area (Å²) in [5, 5.41) is 8.74. The molecule has 22 heavy (non-hydrogen) atoms. The van der Waals surface area contributed by atoms with Gasteiger partial charge >= 0.3 is 12.0 Å². The molecule has 0 spiro atoms. The Morgan fingerprint density at radius 3 is 2.36 bits per heavy atom. The van der Waals surface area contributed by atoms with E-state index in [1.807, 2.05) is 54.6 Å². The molecule has 110 valence electrons. The topological polar surface area (TPSA) is 72.6 Å². The molecular formula is C17H13NO4. The van der Waals surface area contributed by atoms with Gasteiger partial charge < -0.3 is 14.3 Å². The lowest BCUT2D eigenvalue weighted by atomic mass is 10.0. The number of oxazole rings is 1. The molecule has 0 bridgehead atoms. The van der Waals surface area contributed by atoms with Crippen molar-refractivity contribution in [1.82, 2.24) is 4.98 Å². The summed E-state index contributed by atoms with van der Waals surface area (Å²) in [4.78, 5) is 14.4. The van der Waals surface area contributed by atoms with Crippen molar-refractivity contribution in [2.24, 2.45) is 0 Å². The van der Waals surface area contributed by atoms with E-state index in [1.165, 1.54) is 0 Å². The fraction of sp³-hybridized carbons (Fsp3) is 0.0588. The van der Waals surface area contributed by atoms with Crippen molar-refractivity contribution in [1.29, 1.82) is 0 Å². The van der Waals surface area contributed by atoms with Gasteiger partial charge in [-0.25, -0.2) is 4.79 Å². The molecule has 0 amide bonds. The van der Waals surface area contributed by atoms with Gasteiger partial charge in [0.15, 0.2) is 5.69 Å². The molecule has 1 N–H and O–H groups in total. The highest BCUT2D eigenvalue weighted by atomic mass is 16.6. The number of benzene rings is 2. The standard InChI is InChI=1S/C17H13NO4/c19-16(20)15-11-22-17(18-15)21-10-12-6-8-14(9-7-12)13-4-2-1-3-5-13/h1-9,11H,10H2,(H,19,20). The lowest BCUT2D eigenvalue weighted by Gasteiger charge is -2.04. The van der Waals surface area contributed by atoms with Crippen LogP contribution in [0.4, 0.5) is 0 Å². The highest BCUT2D eigenvalue weighted by molar-refractivity contribution is 5.84. The van der Waals surface area contributed by atoms with Crippen molar-refractivity contribution in [2.75, 3.05) is 0 Å². The van der Waals surface area contributed by atoms with Crippen LogP contribution in [0, 0.1) is 0 Å². The monoisotopic (exact) mass is 295 g/mol. The van der Waals surface area contributed by atoms with Crippen LogP contribution in [0.15, 0.2) is 65.3 Å². The fourth-order valence-corrected chi connectivity index (χ4v) is 1.99. The Hall–Kier alpha value is -3.08. The zero-order chi connectivity index (χ0) is 15.4. The second kappa shape index (κ2) is 6.13. The summed E-state index contributed by atoms with van der Waals surface area (Å²) in [5.74, 6) is -1.15. The van der Waals surface area contributed by atoms with Crippen LogP contribution >= 0.6 is 0 Å². The molecule has 0 fully saturated rings. The van der Waals surface area contributed by atoms with E-state index in [2.05, 4.69) is 4.98 Å². The van der Waals surface area contributed by atoms with Crippen LogP contribution in [-0.4, -0.2) is 16.1 Å². The van der Waals surface area contributed by atoms with Crippen molar-refractivity contribution in [3.63, 3.8) is 0 Å². The van der Waals surface area contributed by atoms with Gasteiger partial charge in [0.2, 0.25) is 0 Å². The van der Waals surface area contributed by atoms with E-state index in [0.717, 1.165) is 23.0 Å². The molecule has 2 aromatic carbocycles. The third-order valence-electron chi connectivity index (χ3n) is 3.13. The Morgan fingerprint density at radius 1 is 1.05 bits per heavy atom. The molecule has 0 saturated heterocycles. The molecule has 5 heteroatoms. The SMILES string of the molecule is O=C(O)c1coc(OCc2ccc(-c3ccccc3)cc2)n1. The molecule has 0 aliphatic heterocycles. The highest BCUT2D eigenvalue weighted by Gasteiger charge is 2.11. The second-order valence-corrected chi connectivity index (χ2v) is 4.66. The van der Waals surface area contributed by atoms with E-state index in [0.29, 0.717) is 0 Å². The summed E-state index contributed by atoms with van der Waals surface area (Å²) in [7, 11) is 0. The Bertz CT molecular complexity index is 763. The number of hydrogen-bond acceptors (Lipinski definition) is 4. The first kappa shape index (κ1) is 13.9. The predicted molar refractivity (Wildman–Crippen MR) is 79.7 cm³/mol. The smallest absolute Gasteiger partial charge is 0.394 e. The maximum Gasteiger partial charge on any atom is 0.394 e. The molecule has 0 atom stereocenters. The summed E-state index contributed by atoms with van der Waals surface area (Å²) in [6.07, 6.45) is 1.00. The van der Waals surface area contributed by atoms with Crippen molar-refractivity contribution in [3.05, 3.63) is 72.1 Å². The van der Waals surface area contributed by atoms with Crippen LogP contribution in [0.25, 0.3) is 11.1 Å². The number of rotatable bonds is 5. The first-order valence-corrected chi connectivity index (χ1v) is 6.68. The van der Waals surface area contributed by atoms with Gasteiger partial charge in [0, 0.05) is 0 Å². The van der Waals surface area contributed by atoms with E-state index in [9.17, 15) is 4.79 Å². The molecule has 1 heterocycles. The molecule has 0 unspecified atom stereocenters. The first-order chi connectivity index (χ1) is 10.7. The van der Waals surface area contributed by atoms with Crippen LogP contribution in [-0.2, 0) is 6.61 Å². The lowest BCUT2D eigenvalue weighted by Crippen LogP contribution is -1.98. The summed E-state index contributed by atoms with van der Waals surface area (Å²) in [6.45, 7) is 0.259. The fourth-order valence-electron chi connectivity index (χ4n) is 1.99. The Labute approximate surface area is 126 Å². The minimum Gasteiger partial charge on any atom is -0.476 e. The van der Waals surface area contributed by atoms with Crippen molar-refractivity contribution >= 4 is 5.97 Å². The van der Waals surface area contributed by atoms with Crippen molar-refractivity contribution in [3.8, 4) is 17.2 Å². The van der Waals surface area contributed by atoms with Crippen molar-refractivity contribution < 1.29 is 19.1 Å². The van der Waals surface area contributed by atoms with Gasteiger partial charge in [-0.05, 0) is 16.7 Å². The number of nitrogens with zero attached hydrogens (tertiary/aromatic N) is 1. The van der Waals surface area contributed by atoms with Crippen LogP contribution in [0.2, 0.25) is 0 Å². The molecule has 0 saturated carbocycles. The van der Waals surface area contributed by atoms with Crippen LogP contribution < -0.4 is 4.74 Å². The maximum atomic E-state index is 10.7. The Morgan fingerprint density at radius 2 is 1.73 bits per heavy atom. The Kier molecular flexibility index (Phi) is 3.87. The first-order valence-electron chi connectivity index (χ1n) is 6.68. The largest absolute Gasteiger partial charge is 0.476 e.